The Balaban J connectivity index is 3.03. The average Bonchev–Trinajstić information content (AvgIpc) is 2.01. The zero-order valence-corrected chi connectivity index (χ0v) is 7.75. The summed E-state index contributed by atoms with van der Waals surface area (Å²) in [6.45, 7) is 1.01. The molecule has 1 aromatic rings. The maximum Gasteiger partial charge on any atom is 0.225 e. The van der Waals surface area contributed by atoms with Gasteiger partial charge in [-0.1, -0.05) is 23.7 Å². The van der Waals surface area contributed by atoms with Crippen LogP contribution in [0.1, 0.15) is 17.3 Å². The molecule has 2 N–H and O–H groups in total. The Morgan fingerprint density at radius 2 is 2.08 bits per heavy atom. The van der Waals surface area contributed by atoms with Crippen LogP contribution in [-0.4, -0.2) is 21.8 Å². The lowest BCUT2D eigenvalue weighted by molar-refractivity contribution is -0.106. The van der Waals surface area contributed by atoms with Gasteiger partial charge in [0.2, 0.25) is 11.6 Å². The number of Topliss-reactive ketones (excluding diaryl/α,β-unsaturated/α-hetero) is 1. The lowest BCUT2D eigenvalue weighted by Gasteiger charge is -2.13. The van der Waals surface area contributed by atoms with Crippen LogP contribution < -0.4 is 0 Å². The first kappa shape index (κ1) is 10.2. The molecule has 1 aromatic carbocycles. The summed E-state index contributed by atoms with van der Waals surface area (Å²) in [5, 5.41) is 18.4. The highest BCUT2D eigenvalue weighted by Gasteiger charge is 2.27. The van der Waals surface area contributed by atoms with E-state index in [0.717, 1.165) is 6.92 Å². The van der Waals surface area contributed by atoms with E-state index in [4.69, 9.17) is 21.8 Å². The number of benzene rings is 1. The average molecular weight is 201 g/mol. The van der Waals surface area contributed by atoms with E-state index in [-0.39, 0.29) is 5.56 Å². The molecule has 0 aromatic heterocycles. The highest BCUT2D eigenvalue weighted by atomic mass is 35.5. The Labute approximate surface area is 80.6 Å². The molecule has 1 rings (SSSR count). The van der Waals surface area contributed by atoms with Crippen molar-refractivity contribution in [3.8, 4) is 0 Å². The molecular weight excluding hydrogens is 192 g/mol. The maximum atomic E-state index is 11.3. The molecule has 0 aliphatic heterocycles. The summed E-state index contributed by atoms with van der Waals surface area (Å²) in [4.78, 5) is 11.3. The van der Waals surface area contributed by atoms with Gasteiger partial charge in [-0.2, -0.15) is 0 Å². The van der Waals surface area contributed by atoms with Gasteiger partial charge in [-0.15, -0.1) is 0 Å². The molecule has 0 radical (unpaired) electrons. The fourth-order valence-corrected chi connectivity index (χ4v) is 1.09. The molecule has 0 spiro atoms. The molecule has 0 saturated carbocycles. The lowest BCUT2D eigenvalue weighted by Crippen LogP contribution is -2.34. The van der Waals surface area contributed by atoms with Crippen LogP contribution in [0.15, 0.2) is 24.3 Å². The molecular formula is C9H9ClO3. The number of carbonyl (C=O) groups is 1. The molecule has 0 saturated heterocycles. The van der Waals surface area contributed by atoms with Gasteiger partial charge in [0.05, 0.1) is 0 Å². The third-order valence-electron chi connectivity index (χ3n) is 1.52. The van der Waals surface area contributed by atoms with Crippen molar-refractivity contribution in [2.45, 2.75) is 12.7 Å². The highest BCUT2D eigenvalue weighted by Crippen LogP contribution is 2.15. The van der Waals surface area contributed by atoms with E-state index >= 15 is 0 Å². The standard InChI is InChI=1S/C9H9ClO3/c1-9(12,13)8(11)6-3-2-4-7(10)5-6/h2-5,12-13H,1H3. The second kappa shape index (κ2) is 3.46. The number of carbonyl (C=O) groups excluding carboxylic acids is 1. The molecule has 0 heterocycles. The Hall–Kier alpha value is -0.900. The Bertz CT molecular complexity index is 328. The molecule has 4 heteroatoms. The van der Waals surface area contributed by atoms with Crippen LogP contribution in [0.2, 0.25) is 5.02 Å². The van der Waals surface area contributed by atoms with Crippen molar-refractivity contribution in [2.24, 2.45) is 0 Å². The van der Waals surface area contributed by atoms with Gasteiger partial charge in [0.25, 0.3) is 0 Å². The number of hydrogen-bond donors (Lipinski definition) is 2. The third kappa shape index (κ3) is 2.52. The third-order valence-corrected chi connectivity index (χ3v) is 1.75. The zero-order valence-electron chi connectivity index (χ0n) is 6.99. The van der Waals surface area contributed by atoms with Crippen molar-refractivity contribution in [1.29, 1.82) is 0 Å². The topological polar surface area (TPSA) is 57.5 Å². The predicted molar refractivity (Wildman–Crippen MR) is 48.6 cm³/mol. The van der Waals surface area contributed by atoms with E-state index in [0.29, 0.717) is 5.02 Å². The van der Waals surface area contributed by atoms with E-state index in [9.17, 15) is 4.79 Å². The summed E-state index contributed by atoms with van der Waals surface area (Å²) >= 11 is 5.62. The van der Waals surface area contributed by atoms with Gasteiger partial charge < -0.3 is 10.2 Å². The van der Waals surface area contributed by atoms with Gasteiger partial charge in [0.15, 0.2) is 0 Å². The van der Waals surface area contributed by atoms with Crippen molar-refractivity contribution < 1.29 is 15.0 Å². The smallest absolute Gasteiger partial charge is 0.225 e. The van der Waals surface area contributed by atoms with Crippen molar-refractivity contribution in [3.05, 3.63) is 34.9 Å². The number of ketones is 1. The van der Waals surface area contributed by atoms with Crippen LogP contribution in [0, 0.1) is 0 Å². The quantitative estimate of drug-likeness (QED) is 0.558. The van der Waals surface area contributed by atoms with Crippen molar-refractivity contribution in [1.82, 2.24) is 0 Å². The minimum Gasteiger partial charge on any atom is -0.360 e. The highest BCUT2D eigenvalue weighted by molar-refractivity contribution is 6.31. The largest absolute Gasteiger partial charge is 0.360 e. The van der Waals surface area contributed by atoms with Crippen molar-refractivity contribution in [2.75, 3.05) is 0 Å². The first-order valence-corrected chi connectivity index (χ1v) is 4.04. The lowest BCUT2D eigenvalue weighted by atomic mass is 10.1. The first-order valence-electron chi connectivity index (χ1n) is 3.66. The van der Waals surface area contributed by atoms with Gasteiger partial charge in [-0.25, -0.2) is 0 Å². The fourth-order valence-electron chi connectivity index (χ4n) is 0.903. The van der Waals surface area contributed by atoms with E-state index < -0.39 is 11.6 Å². The molecule has 0 aliphatic rings. The molecule has 70 valence electrons. The van der Waals surface area contributed by atoms with E-state index in [2.05, 4.69) is 0 Å². The predicted octanol–water partition coefficient (Wildman–Crippen LogP) is 1.22. The molecule has 0 bridgehead atoms. The number of aliphatic hydroxyl groups is 2. The van der Waals surface area contributed by atoms with Gasteiger partial charge in [0.1, 0.15) is 0 Å². The Kier molecular flexibility index (Phi) is 2.71. The van der Waals surface area contributed by atoms with Crippen LogP contribution >= 0.6 is 11.6 Å². The molecule has 0 amide bonds. The van der Waals surface area contributed by atoms with Gasteiger partial charge in [-0.3, -0.25) is 4.79 Å². The summed E-state index contributed by atoms with van der Waals surface area (Å²) in [6, 6.07) is 6.03. The van der Waals surface area contributed by atoms with Gasteiger partial charge >= 0.3 is 0 Å². The second-order valence-corrected chi connectivity index (χ2v) is 3.30. The summed E-state index contributed by atoms with van der Waals surface area (Å²) in [7, 11) is 0. The van der Waals surface area contributed by atoms with Gasteiger partial charge in [0, 0.05) is 10.6 Å². The maximum absolute atomic E-state index is 11.3. The molecule has 0 fully saturated rings. The number of hydrogen-bond acceptors (Lipinski definition) is 3. The molecule has 3 nitrogen and oxygen atoms in total. The fraction of sp³-hybridized carbons (Fsp3) is 0.222. The Morgan fingerprint density at radius 1 is 1.46 bits per heavy atom. The second-order valence-electron chi connectivity index (χ2n) is 2.86. The Morgan fingerprint density at radius 3 is 2.54 bits per heavy atom. The van der Waals surface area contributed by atoms with Crippen LogP contribution in [0.4, 0.5) is 0 Å². The summed E-state index contributed by atoms with van der Waals surface area (Å²) < 4.78 is 0. The minimum absolute atomic E-state index is 0.181. The molecule has 0 unspecified atom stereocenters. The van der Waals surface area contributed by atoms with Crippen LogP contribution in [0.3, 0.4) is 0 Å². The van der Waals surface area contributed by atoms with Crippen LogP contribution in [0.25, 0.3) is 0 Å². The summed E-state index contributed by atoms with van der Waals surface area (Å²) in [5.74, 6) is -3.11. The van der Waals surface area contributed by atoms with Crippen molar-refractivity contribution in [3.63, 3.8) is 0 Å². The SMILES string of the molecule is CC(O)(O)C(=O)c1cccc(Cl)c1. The zero-order chi connectivity index (χ0) is 10.1. The summed E-state index contributed by atoms with van der Waals surface area (Å²) in [5.41, 5.74) is 0.181. The minimum atomic E-state index is -2.34. The number of rotatable bonds is 2. The van der Waals surface area contributed by atoms with Crippen molar-refractivity contribution >= 4 is 17.4 Å². The van der Waals surface area contributed by atoms with E-state index in [1.807, 2.05) is 0 Å². The van der Waals surface area contributed by atoms with E-state index in [1.54, 1.807) is 12.1 Å². The number of halogens is 1. The molecule has 13 heavy (non-hydrogen) atoms. The van der Waals surface area contributed by atoms with Gasteiger partial charge in [-0.05, 0) is 19.1 Å². The van der Waals surface area contributed by atoms with Crippen LogP contribution in [-0.2, 0) is 0 Å². The molecule has 0 atom stereocenters. The first-order chi connectivity index (χ1) is 5.91. The normalized spacial score (nSPS) is 11.4. The summed E-state index contributed by atoms with van der Waals surface area (Å²) in [6.07, 6.45) is 0. The monoisotopic (exact) mass is 200 g/mol. The van der Waals surface area contributed by atoms with E-state index in [1.165, 1.54) is 12.1 Å². The molecule has 0 aliphatic carbocycles. The van der Waals surface area contributed by atoms with Crippen LogP contribution in [0.5, 0.6) is 0 Å².